The first-order valence-corrected chi connectivity index (χ1v) is 6.47. The highest BCUT2D eigenvalue weighted by atomic mass is 15.1. The number of imidazole rings is 1. The van der Waals surface area contributed by atoms with Crippen molar-refractivity contribution < 1.29 is 0 Å². The van der Waals surface area contributed by atoms with Gasteiger partial charge >= 0.3 is 0 Å². The molecule has 3 heteroatoms. The number of fused-ring (bicyclic) bond motifs is 1. The molecular formula is C14H21N3. The number of aromatic nitrogens is 2. The van der Waals surface area contributed by atoms with Crippen molar-refractivity contribution in [1.82, 2.24) is 9.55 Å². The minimum atomic E-state index is 0.536. The van der Waals surface area contributed by atoms with Gasteiger partial charge in [-0.1, -0.05) is 26.0 Å². The minimum Gasteiger partial charge on any atom is -0.329 e. The van der Waals surface area contributed by atoms with Crippen LogP contribution < -0.4 is 5.73 Å². The SMILES string of the molecule is CCC(CC)c1nc2ccccc2n1CCN. The van der Waals surface area contributed by atoms with Gasteiger partial charge in [-0.05, 0) is 25.0 Å². The molecule has 0 fully saturated rings. The molecule has 0 unspecified atom stereocenters. The molecule has 2 N–H and O–H groups in total. The molecular weight excluding hydrogens is 210 g/mol. The number of para-hydroxylation sites is 2. The Labute approximate surface area is 103 Å². The van der Waals surface area contributed by atoms with E-state index in [0.29, 0.717) is 12.5 Å². The molecule has 0 amide bonds. The maximum Gasteiger partial charge on any atom is 0.113 e. The molecule has 1 aromatic carbocycles. The minimum absolute atomic E-state index is 0.536. The van der Waals surface area contributed by atoms with Gasteiger partial charge in [-0.2, -0.15) is 0 Å². The first kappa shape index (κ1) is 12.1. The summed E-state index contributed by atoms with van der Waals surface area (Å²) in [4.78, 5) is 4.78. The molecule has 1 aromatic heterocycles. The van der Waals surface area contributed by atoms with Crippen LogP contribution in [-0.4, -0.2) is 16.1 Å². The third-order valence-electron chi connectivity index (χ3n) is 3.39. The number of hydrogen-bond donors (Lipinski definition) is 1. The molecule has 1 heterocycles. The molecule has 0 spiro atoms. The highest BCUT2D eigenvalue weighted by Crippen LogP contribution is 2.26. The Bertz CT molecular complexity index is 483. The van der Waals surface area contributed by atoms with Crippen LogP contribution in [0.1, 0.15) is 38.4 Å². The summed E-state index contributed by atoms with van der Waals surface area (Å²) in [6.45, 7) is 5.96. The highest BCUT2D eigenvalue weighted by molar-refractivity contribution is 5.76. The van der Waals surface area contributed by atoms with Crippen LogP contribution >= 0.6 is 0 Å². The van der Waals surface area contributed by atoms with Gasteiger partial charge in [0.1, 0.15) is 5.82 Å². The summed E-state index contributed by atoms with van der Waals surface area (Å²) < 4.78 is 2.28. The van der Waals surface area contributed by atoms with Crippen molar-refractivity contribution >= 4 is 11.0 Å². The first-order chi connectivity index (χ1) is 8.31. The van der Waals surface area contributed by atoms with E-state index in [1.165, 1.54) is 11.3 Å². The molecule has 0 atom stereocenters. The Morgan fingerprint density at radius 3 is 2.59 bits per heavy atom. The maximum absolute atomic E-state index is 5.71. The average Bonchev–Trinajstić information content (AvgIpc) is 2.71. The van der Waals surface area contributed by atoms with Gasteiger partial charge in [-0.15, -0.1) is 0 Å². The lowest BCUT2D eigenvalue weighted by atomic mass is 10.0. The van der Waals surface area contributed by atoms with Crippen LogP contribution in [0.2, 0.25) is 0 Å². The van der Waals surface area contributed by atoms with Crippen molar-refractivity contribution in [3.63, 3.8) is 0 Å². The molecule has 0 saturated carbocycles. The van der Waals surface area contributed by atoms with Crippen LogP contribution in [0.3, 0.4) is 0 Å². The van der Waals surface area contributed by atoms with Crippen molar-refractivity contribution in [3.05, 3.63) is 30.1 Å². The van der Waals surface area contributed by atoms with E-state index in [1.54, 1.807) is 0 Å². The smallest absolute Gasteiger partial charge is 0.113 e. The van der Waals surface area contributed by atoms with Gasteiger partial charge in [0.2, 0.25) is 0 Å². The highest BCUT2D eigenvalue weighted by Gasteiger charge is 2.16. The molecule has 92 valence electrons. The van der Waals surface area contributed by atoms with Crippen LogP contribution in [-0.2, 0) is 6.54 Å². The topological polar surface area (TPSA) is 43.8 Å². The van der Waals surface area contributed by atoms with Crippen LogP contribution in [0, 0.1) is 0 Å². The maximum atomic E-state index is 5.71. The van der Waals surface area contributed by atoms with Crippen LogP contribution in [0.25, 0.3) is 11.0 Å². The third-order valence-corrected chi connectivity index (χ3v) is 3.39. The molecule has 17 heavy (non-hydrogen) atoms. The fourth-order valence-electron chi connectivity index (χ4n) is 2.42. The Morgan fingerprint density at radius 1 is 1.24 bits per heavy atom. The average molecular weight is 231 g/mol. The van der Waals surface area contributed by atoms with Gasteiger partial charge in [-0.3, -0.25) is 0 Å². The predicted octanol–water partition coefficient (Wildman–Crippen LogP) is 2.90. The summed E-state index contributed by atoms with van der Waals surface area (Å²) in [5.41, 5.74) is 8.01. The van der Waals surface area contributed by atoms with Crippen LogP contribution in [0.5, 0.6) is 0 Å². The summed E-state index contributed by atoms with van der Waals surface area (Å²) in [7, 11) is 0. The monoisotopic (exact) mass is 231 g/mol. The van der Waals surface area contributed by atoms with Gasteiger partial charge in [-0.25, -0.2) is 4.98 Å². The molecule has 0 aliphatic carbocycles. The summed E-state index contributed by atoms with van der Waals surface area (Å²) >= 11 is 0. The first-order valence-electron chi connectivity index (χ1n) is 6.47. The van der Waals surface area contributed by atoms with Gasteiger partial charge in [0, 0.05) is 19.0 Å². The van der Waals surface area contributed by atoms with Crippen molar-refractivity contribution in [2.75, 3.05) is 6.54 Å². The zero-order chi connectivity index (χ0) is 12.3. The largest absolute Gasteiger partial charge is 0.329 e. The molecule has 0 saturated heterocycles. The Hall–Kier alpha value is -1.35. The summed E-state index contributed by atoms with van der Waals surface area (Å²) in [6.07, 6.45) is 2.26. The molecule has 0 aliphatic rings. The zero-order valence-electron chi connectivity index (χ0n) is 10.7. The van der Waals surface area contributed by atoms with E-state index in [-0.39, 0.29) is 0 Å². The molecule has 0 aliphatic heterocycles. The number of nitrogens with two attached hydrogens (primary N) is 1. The van der Waals surface area contributed by atoms with Crippen molar-refractivity contribution in [2.45, 2.75) is 39.2 Å². The van der Waals surface area contributed by atoms with Gasteiger partial charge in [0.15, 0.2) is 0 Å². The third kappa shape index (κ3) is 2.20. The number of rotatable bonds is 5. The Kier molecular flexibility index (Phi) is 3.79. The Morgan fingerprint density at radius 2 is 1.94 bits per heavy atom. The number of nitrogens with zero attached hydrogens (tertiary/aromatic N) is 2. The zero-order valence-corrected chi connectivity index (χ0v) is 10.7. The van der Waals surface area contributed by atoms with Gasteiger partial charge in [0.25, 0.3) is 0 Å². The van der Waals surface area contributed by atoms with E-state index < -0.39 is 0 Å². The predicted molar refractivity (Wildman–Crippen MR) is 72.1 cm³/mol. The van der Waals surface area contributed by atoms with Crippen LogP contribution in [0.15, 0.2) is 24.3 Å². The molecule has 0 radical (unpaired) electrons. The lowest BCUT2D eigenvalue weighted by Crippen LogP contribution is -2.14. The second-order valence-electron chi connectivity index (χ2n) is 4.41. The van der Waals surface area contributed by atoms with Crippen molar-refractivity contribution in [3.8, 4) is 0 Å². The number of benzene rings is 1. The van der Waals surface area contributed by atoms with Gasteiger partial charge < -0.3 is 10.3 Å². The molecule has 2 rings (SSSR count). The standard InChI is InChI=1S/C14H21N3/c1-3-11(4-2)14-16-12-7-5-6-8-13(12)17(14)10-9-15/h5-8,11H,3-4,9-10,15H2,1-2H3. The number of hydrogen-bond acceptors (Lipinski definition) is 2. The summed E-state index contributed by atoms with van der Waals surface area (Å²) in [5.74, 6) is 1.73. The van der Waals surface area contributed by atoms with E-state index in [1.807, 2.05) is 6.07 Å². The molecule has 2 aromatic rings. The Balaban J connectivity index is 2.56. The lowest BCUT2D eigenvalue weighted by molar-refractivity contribution is 0.556. The fraction of sp³-hybridized carbons (Fsp3) is 0.500. The summed E-state index contributed by atoms with van der Waals surface area (Å²) in [5, 5.41) is 0. The molecule has 3 nitrogen and oxygen atoms in total. The van der Waals surface area contributed by atoms with E-state index >= 15 is 0 Å². The van der Waals surface area contributed by atoms with Gasteiger partial charge in [0.05, 0.1) is 11.0 Å². The van der Waals surface area contributed by atoms with E-state index in [0.717, 1.165) is 24.9 Å². The van der Waals surface area contributed by atoms with E-state index in [4.69, 9.17) is 10.7 Å². The van der Waals surface area contributed by atoms with E-state index in [2.05, 4.69) is 36.6 Å². The van der Waals surface area contributed by atoms with E-state index in [9.17, 15) is 0 Å². The molecule has 0 bridgehead atoms. The van der Waals surface area contributed by atoms with Crippen LogP contribution in [0.4, 0.5) is 0 Å². The normalized spacial score (nSPS) is 11.5. The lowest BCUT2D eigenvalue weighted by Gasteiger charge is -2.14. The van der Waals surface area contributed by atoms with Crippen molar-refractivity contribution in [1.29, 1.82) is 0 Å². The second kappa shape index (κ2) is 5.32. The van der Waals surface area contributed by atoms with Crippen molar-refractivity contribution in [2.24, 2.45) is 5.73 Å². The fourth-order valence-corrected chi connectivity index (χ4v) is 2.42. The second-order valence-corrected chi connectivity index (χ2v) is 4.41. The quantitative estimate of drug-likeness (QED) is 0.860. The summed E-state index contributed by atoms with van der Waals surface area (Å²) in [6, 6.07) is 8.31.